The topological polar surface area (TPSA) is 30.7 Å². The predicted molar refractivity (Wildman–Crippen MR) is 65.8 cm³/mol. The van der Waals surface area contributed by atoms with Gasteiger partial charge in [-0.25, -0.2) is 0 Å². The fourth-order valence-electron chi connectivity index (χ4n) is 1.69. The van der Waals surface area contributed by atoms with E-state index in [1.807, 2.05) is 0 Å². The van der Waals surface area contributed by atoms with Crippen molar-refractivity contribution in [1.29, 1.82) is 0 Å². The van der Waals surface area contributed by atoms with E-state index in [1.54, 1.807) is 6.92 Å². The number of rotatable bonds is 2. The molecule has 0 radical (unpaired) electrons. The molecule has 0 spiro atoms. The van der Waals surface area contributed by atoms with E-state index in [9.17, 15) is 13.2 Å². The summed E-state index contributed by atoms with van der Waals surface area (Å²) in [4.78, 5) is 0. The van der Waals surface area contributed by atoms with Crippen LogP contribution in [0.15, 0.2) is 18.2 Å². The normalized spacial score (nSPS) is 11.9. The summed E-state index contributed by atoms with van der Waals surface area (Å²) in [6.07, 6.45) is -4.14. The third-order valence-corrected chi connectivity index (χ3v) is 2.99. The predicted octanol–water partition coefficient (Wildman–Crippen LogP) is 4.16. The van der Waals surface area contributed by atoms with Crippen molar-refractivity contribution in [2.24, 2.45) is 0 Å². The van der Waals surface area contributed by atoms with E-state index < -0.39 is 11.7 Å². The standard InChI is InChI=1S/C11H8Cl2F3N3/c1-2-9-17-18-10(13)19(9)8-4-3-6(12)5-7(8)11(14,15)16/h3-5H,2H2,1H3. The molecule has 1 aromatic carbocycles. The van der Waals surface area contributed by atoms with Gasteiger partial charge in [-0.15, -0.1) is 10.2 Å². The first-order valence-corrected chi connectivity index (χ1v) is 6.07. The van der Waals surface area contributed by atoms with Gasteiger partial charge in [0.25, 0.3) is 0 Å². The van der Waals surface area contributed by atoms with Gasteiger partial charge in [0.2, 0.25) is 5.28 Å². The molecule has 0 fully saturated rings. The SMILES string of the molecule is CCc1nnc(Cl)n1-c1ccc(Cl)cc1C(F)(F)F. The summed E-state index contributed by atoms with van der Waals surface area (Å²) in [5, 5.41) is 7.20. The Morgan fingerprint density at radius 2 is 1.89 bits per heavy atom. The first-order valence-electron chi connectivity index (χ1n) is 5.31. The fourth-order valence-corrected chi connectivity index (χ4v) is 2.09. The zero-order valence-corrected chi connectivity index (χ0v) is 11.2. The molecule has 0 unspecified atom stereocenters. The van der Waals surface area contributed by atoms with E-state index in [1.165, 1.54) is 16.7 Å². The quantitative estimate of drug-likeness (QED) is 0.834. The molecule has 0 N–H and O–H groups in total. The summed E-state index contributed by atoms with van der Waals surface area (Å²) < 4.78 is 40.3. The summed E-state index contributed by atoms with van der Waals surface area (Å²) in [5.74, 6) is 0.345. The number of benzene rings is 1. The van der Waals surface area contributed by atoms with Crippen molar-refractivity contribution in [2.75, 3.05) is 0 Å². The Morgan fingerprint density at radius 3 is 2.47 bits per heavy atom. The van der Waals surface area contributed by atoms with Gasteiger partial charge in [-0.3, -0.25) is 4.57 Å². The number of alkyl halides is 3. The minimum atomic E-state index is -4.54. The van der Waals surface area contributed by atoms with Crippen molar-refractivity contribution < 1.29 is 13.2 Å². The zero-order chi connectivity index (χ0) is 14.2. The number of nitrogens with zero attached hydrogens (tertiary/aromatic N) is 3. The smallest absolute Gasteiger partial charge is 0.269 e. The van der Waals surface area contributed by atoms with Crippen molar-refractivity contribution in [3.05, 3.63) is 39.9 Å². The molecule has 0 saturated heterocycles. The monoisotopic (exact) mass is 309 g/mol. The summed E-state index contributed by atoms with van der Waals surface area (Å²) in [6.45, 7) is 1.75. The van der Waals surface area contributed by atoms with E-state index >= 15 is 0 Å². The number of aromatic nitrogens is 3. The average Bonchev–Trinajstić information content (AvgIpc) is 2.69. The maximum Gasteiger partial charge on any atom is 0.418 e. The van der Waals surface area contributed by atoms with Crippen LogP contribution in [0.1, 0.15) is 18.3 Å². The van der Waals surface area contributed by atoms with Gasteiger partial charge in [0.15, 0.2) is 0 Å². The Balaban J connectivity index is 2.72. The van der Waals surface area contributed by atoms with Crippen LogP contribution in [-0.4, -0.2) is 14.8 Å². The third-order valence-electron chi connectivity index (χ3n) is 2.51. The van der Waals surface area contributed by atoms with E-state index in [4.69, 9.17) is 23.2 Å². The van der Waals surface area contributed by atoms with Crippen molar-refractivity contribution >= 4 is 23.2 Å². The van der Waals surface area contributed by atoms with E-state index in [0.29, 0.717) is 12.2 Å². The Kier molecular flexibility index (Phi) is 3.73. The molecule has 3 nitrogen and oxygen atoms in total. The lowest BCUT2D eigenvalue weighted by Crippen LogP contribution is -2.12. The van der Waals surface area contributed by atoms with Crippen molar-refractivity contribution in [1.82, 2.24) is 14.8 Å². The number of hydrogen-bond donors (Lipinski definition) is 0. The molecule has 0 aliphatic rings. The highest BCUT2D eigenvalue weighted by Gasteiger charge is 2.35. The van der Waals surface area contributed by atoms with Crippen LogP contribution in [-0.2, 0) is 12.6 Å². The van der Waals surface area contributed by atoms with E-state index in [-0.39, 0.29) is 16.0 Å². The highest BCUT2D eigenvalue weighted by atomic mass is 35.5. The van der Waals surface area contributed by atoms with Gasteiger partial charge in [0.1, 0.15) is 5.82 Å². The Hall–Kier alpha value is -1.27. The molecule has 1 heterocycles. The molecule has 0 aliphatic carbocycles. The zero-order valence-electron chi connectivity index (χ0n) is 9.67. The second kappa shape index (κ2) is 5.02. The minimum absolute atomic E-state index is 0.00156. The van der Waals surface area contributed by atoms with Gasteiger partial charge in [-0.2, -0.15) is 13.2 Å². The average molecular weight is 310 g/mol. The molecule has 0 atom stereocenters. The van der Waals surface area contributed by atoms with Gasteiger partial charge in [-0.05, 0) is 29.8 Å². The van der Waals surface area contributed by atoms with Gasteiger partial charge >= 0.3 is 6.18 Å². The lowest BCUT2D eigenvalue weighted by molar-refractivity contribution is -0.137. The number of aryl methyl sites for hydroxylation is 1. The lowest BCUT2D eigenvalue weighted by atomic mass is 10.1. The third kappa shape index (κ3) is 2.69. The first-order chi connectivity index (χ1) is 8.84. The summed E-state index contributed by atoms with van der Waals surface area (Å²) >= 11 is 11.4. The fraction of sp³-hybridized carbons (Fsp3) is 0.273. The van der Waals surface area contributed by atoms with Crippen molar-refractivity contribution in [2.45, 2.75) is 19.5 Å². The molecule has 0 aliphatic heterocycles. The molecule has 2 aromatic rings. The Labute approximate surface area is 117 Å². The molecule has 0 saturated carbocycles. The summed E-state index contributed by atoms with van der Waals surface area (Å²) in [5.41, 5.74) is -1.01. The largest absolute Gasteiger partial charge is 0.418 e. The van der Waals surface area contributed by atoms with Crippen molar-refractivity contribution in [3.63, 3.8) is 0 Å². The van der Waals surface area contributed by atoms with E-state index in [0.717, 1.165) is 6.07 Å². The highest BCUT2D eigenvalue weighted by molar-refractivity contribution is 6.30. The molecule has 0 amide bonds. The van der Waals surface area contributed by atoms with Crippen LogP contribution < -0.4 is 0 Å². The maximum absolute atomic E-state index is 13.0. The second-order valence-corrected chi connectivity index (χ2v) is 4.51. The Morgan fingerprint density at radius 1 is 1.21 bits per heavy atom. The second-order valence-electron chi connectivity index (χ2n) is 3.73. The number of hydrogen-bond acceptors (Lipinski definition) is 2. The van der Waals surface area contributed by atoms with Crippen LogP contribution in [0, 0.1) is 0 Å². The van der Waals surface area contributed by atoms with Crippen LogP contribution in [0.4, 0.5) is 13.2 Å². The van der Waals surface area contributed by atoms with Crippen molar-refractivity contribution in [3.8, 4) is 5.69 Å². The molecular formula is C11H8Cl2F3N3. The van der Waals surface area contributed by atoms with Crippen LogP contribution in [0.25, 0.3) is 5.69 Å². The van der Waals surface area contributed by atoms with Gasteiger partial charge in [-0.1, -0.05) is 18.5 Å². The molecule has 8 heteroatoms. The molecule has 19 heavy (non-hydrogen) atoms. The van der Waals surface area contributed by atoms with Crippen LogP contribution in [0.5, 0.6) is 0 Å². The molecule has 0 bridgehead atoms. The lowest BCUT2D eigenvalue weighted by Gasteiger charge is -2.15. The van der Waals surface area contributed by atoms with Crippen LogP contribution in [0.2, 0.25) is 10.3 Å². The Bertz CT molecular complexity index is 608. The highest BCUT2D eigenvalue weighted by Crippen LogP contribution is 2.36. The summed E-state index contributed by atoms with van der Waals surface area (Å²) in [6, 6.07) is 3.47. The van der Waals surface area contributed by atoms with Gasteiger partial charge < -0.3 is 0 Å². The van der Waals surface area contributed by atoms with E-state index in [2.05, 4.69) is 10.2 Å². The van der Waals surface area contributed by atoms with Crippen LogP contribution in [0.3, 0.4) is 0 Å². The summed E-state index contributed by atoms with van der Waals surface area (Å²) in [7, 11) is 0. The van der Waals surface area contributed by atoms with Gasteiger partial charge in [0.05, 0.1) is 11.3 Å². The maximum atomic E-state index is 13.0. The van der Waals surface area contributed by atoms with Crippen LogP contribution >= 0.6 is 23.2 Å². The van der Waals surface area contributed by atoms with Gasteiger partial charge in [0, 0.05) is 11.4 Å². The molecule has 2 rings (SSSR count). The first kappa shape index (κ1) is 14.1. The number of halogens is 5. The molecular weight excluding hydrogens is 302 g/mol. The minimum Gasteiger partial charge on any atom is -0.269 e. The molecule has 1 aromatic heterocycles. The molecule has 102 valence electrons.